The van der Waals surface area contributed by atoms with E-state index in [9.17, 15) is 0 Å². The Morgan fingerprint density at radius 3 is 2.53 bits per heavy atom. The quantitative estimate of drug-likeness (QED) is 0.432. The summed E-state index contributed by atoms with van der Waals surface area (Å²) in [5.74, 6) is -0.405. The van der Waals surface area contributed by atoms with E-state index in [0.29, 0.717) is 0 Å². The Labute approximate surface area is 102 Å². The first-order chi connectivity index (χ1) is 8.17. The third-order valence-corrected chi connectivity index (χ3v) is 3.53. The fourth-order valence-electron chi connectivity index (χ4n) is 2.64. The van der Waals surface area contributed by atoms with Crippen LogP contribution in [0.15, 0.2) is 18.2 Å². The minimum absolute atomic E-state index is 0.405. The van der Waals surface area contributed by atoms with Crippen LogP contribution in [0.2, 0.25) is 0 Å². The van der Waals surface area contributed by atoms with Crippen LogP contribution in [-0.2, 0) is 12.2 Å². The highest BCUT2D eigenvalue weighted by molar-refractivity contribution is 5.48. The Balaban J connectivity index is 2.56. The van der Waals surface area contributed by atoms with Gasteiger partial charge in [0.25, 0.3) is 0 Å². The highest BCUT2D eigenvalue weighted by atomic mass is 15.6. The third kappa shape index (κ3) is 1.81. The van der Waals surface area contributed by atoms with Crippen molar-refractivity contribution < 1.29 is 0 Å². The van der Waals surface area contributed by atoms with Crippen molar-refractivity contribution in [1.82, 2.24) is 21.1 Å². The SMILES string of the molecule is CNN1CCc2ccc(N)cc2C1(NC)NC. The van der Waals surface area contributed by atoms with Gasteiger partial charge in [-0.3, -0.25) is 16.1 Å². The molecule has 0 bridgehead atoms. The summed E-state index contributed by atoms with van der Waals surface area (Å²) >= 11 is 0. The van der Waals surface area contributed by atoms with E-state index in [-0.39, 0.29) is 0 Å². The normalized spacial score (nSPS) is 19.0. The van der Waals surface area contributed by atoms with Crippen LogP contribution in [-0.4, -0.2) is 32.7 Å². The van der Waals surface area contributed by atoms with E-state index >= 15 is 0 Å². The standard InChI is InChI=1S/C12H21N5/c1-14-12(15-2)11-8-10(13)5-4-9(11)6-7-17(12)16-3/h4-5,8,14-16H,6-7,13H2,1-3H3. The van der Waals surface area contributed by atoms with Gasteiger partial charge in [-0.05, 0) is 45.3 Å². The van der Waals surface area contributed by atoms with Gasteiger partial charge < -0.3 is 5.73 Å². The van der Waals surface area contributed by atoms with E-state index in [1.165, 1.54) is 11.1 Å². The molecule has 5 heteroatoms. The molecule has 0 spiro atoms. The molecular weight excluding hydrogens is 214 g/mol. The second-order valence-electron chi connectivity index (χ2n) is 4.25. The lowest BCUT2D eigenvalue weighted by Gasteiger charge is -2.47. The van der Waals surface area contributed by atoms with E-state index in [1.54, 1.807) is 0 Å². The number of nitrogen functional groups attached to an aromatic ring is 1. The molecule has 1 aromatic rings. The van der Waals surface area contributed by atoms with Crippen molar-refractivity contribution in [3.8, 4) is 0 Å². The van der Waals surface area contributed by atoms with E-state index in [4.69, 9.17) is 5.73 Å². The zero-order valence-electron chi connectivity index (χ0n) is 10.7. The van der Waals surface area contributed by atoms with Crippen LogP contribution in [0.3, 0.4) is 0 Å². The molecule has 0 amide bonds. The molecule has 94 valence electrons. The Bertz CT molecular complexity index is 400. The zero-order valence-corrected chi connectivity index (χ0v) is 10.7. The number of nitrogens with two attached hydrogens (primary N) is 1. The highest BCUT2D eigenvalue weighted by Crippen LogP contribution is 2.31. The average molecular weight is 235 g/mol. The van der Waals surface area contributed by atoms with E-state index in [0.717, 1.165) is 18.7 Å². The molecule has 0 fully saturated rings. The summed E-state index contributed by atoms with van der Waals surface area (Å²) in [5.41, 5.74) is 12.4. The number of hydrazine groups is 1. The molecule has 0 unspecified atom stereocenters. The zero-order chi connectivity index (χ0) is 12.5. The number of rotatable bonds is 3. The van der Waals surface area contributed by atoms with E-state index in [1.807, 2.05) is 33.3 Å². The summed E-state index contributed by atoms with van der Waals surface area (Å²) < 4.78 is 0. The van der Waals surface area contributed by atoms with Gasteiger partial charge in [0, 0.05) is 17.8 Å². The Kier molecular flexibility index (Phi) is 3.35. The number of nitrogens with one attached hydrogen (secondary N) is 3. The number of anilines is 1. The lowest BCUT2D eigenvalue weighted by Crippen LogP contribution is -2.68. The van der Waals surface area contributed by atoms with Crippen LogP contribution in [0.25, 0.3) is 0 Å². The van der Waals surface area contributed by atoms with Crippen LogP contribution < -0.4 is 21.8 Å². The minimum Gasteiger partial charge on any atom is -0.399 e. The molecule has 1 aromatic carbocycles. The Morgan fingerprint density at radius 2 is 1.94 bits per heavy atom. The largest absolute Gasteiger partial charge is 0.399 e. The average Bonchev–Trinajstić information content (AvgIpc) is 2.37. The van der Waals surface area contributed by atoms with Crippen molar-refractivity contribution >= 4 is 5.69 Å². The van der Waals surface area contributed by atoms with Crippen molar-refractivity contribution in [1.29, 1.82) is 0 Å². The van der Waals surface area contributed by atoms with Gasteiger partial charge in [-0.2, -0.15) is 0 Å². The summed E-state index contributed by atoms with van der Waals surface area (Å²) in [6.07, 6.45) is 1.02. The number of hydrogen-bond donors (Lipinski definition) is 4. The second kappa shape index (κ2) is 4.62. The van der Waals surface area contributed by atoms with Crippen LogP contribution in [0, 0.1) is 0 Å². The van der Waals surface area contributed by atoms with Crippen molar-refractivity contribution in [3.05, 3.63) is 29.3 Å². The van der Waals surface area contributed by atoms with Crippen LogP contribution in [0.5, 0.6) is 0 Å². The fraction of sp³-hybridized carbons (Fsp3) is 0.500. The molecule has 0 saturated carbocycles. The van der Waals surface area contributed by atoms with Gasteiger partial charge in [-0.1, -0.05) is 6.07 Å². The summed E-state index contributed by atoms with van der Waals surface area (Å²) in [7, 11) is 5.82. The van der Waals surface area contributed by atoms with Crippen LogP contribution >= 0.6 is 0 Å². The van der Waals surface area contributed by atoms with Gasteiger partial charge in [0.05, 0.1) is 0 Å². The predicted molar refractivity (Wildman–Crippen MR) is 70.1 cm³/mol. The molecular formula is C12H21N5. The van der Waals surface area contributed by atoms with Gasteiger partial charge in [0.2, 0.25) is 0 Å². The van der Waals surface area contributed by atoms with Crippen molar-refractivity contribution in [2.24, 2.45) is 0 Å². The Morgan fingerprint density at radius 1 is 1.24 bits per heavy atom. The first-order valence-corrected chi connectivity index (χ1v) is 5.89. The summed E-state index contributed by atoms with van der Waals surface area (Å²) in [6.45, 7) is 0.940. The molecule has 0 aromatic heterocycles. The van der Waals surface area contributed by atoms with E-state index < -0.39 is 5.79 Å². The molecule has 5 nitrogen and oxygen atoms in total. The molecule has 17 heavy (non-hydrogen) atoms. The molecule has 5 N–H and O–H groups in total. The lowest BCUT2D eigenvalue weighted by molar-refractivity contribution is -0.0161. The summed E-state index contributed by atoms with van der Waals surface area (Å²) in [4.78, 5) is 0. The predicted octanol–water partition coefficient (Wildman–Crippen LogP) is -0.190. The number of hydrogen-bond acceptors (Lipinski definition) is 5. The number of benzene rings is 1. The maximum atomic E-state index is 5.90. The van der Waals surface area contributed by atoms with Gasteiger partial charge in [-0.15, -0.1) is 0 Å². The van der Waals surface area contributed by atoms with Crippen molar-refractivity contribution in [3.63, 3.8) is 0 Å². The number of nitrogens with zero attached hydrogens (tertiary/aromatic N) is 1. The molecule has 2 rings (SSSR count). The van der Waals surface area contributed by atoms with Crippen molar-refractivity contribution in [2.75, 3.05) is 33.4 Å². The maximum absolute atomic E-state index is 5.90. The maximum Gasteiger partial charge on any atom is 0.165 e. The van der Waals surface area contributed by atoms with Crippen LogP contribution in [0.4, 0.5) is 5.69 Å². The van der Waals surface area contributed by atoms with Crippen molar-refractivity contribution in [2.45, 2.75) is 12.2 Å². The Hall–Kier alpha value is -1.14. The highest BCUT2D eigenvalue weighted by Gasteiger charge is 2.40. The van der Waals surface area contributed by atoms with Gasteiger partial charge in [0.15, 0.2) is 5.79 Å². The molecule has 0 aliphatic carbocycles. The first kappa shape index (κ1) is 12.3. The molecule has 0 atom stereocenters. The van der Waals surface area contributed by atoms with Gasteiger partial charge >= 0.3 is 0 Å². The molecule has 1 aliphatic heterocycles. The topological polar surface area (TPSA) is 65.3 Å². The monoisotopic (exact) mass is 235 g/mol. The fourth-order valence-corrected chi connectivity index (χ4v) is 2.64. The smallest absolute Gasteiger partial charge is 0.165 e. The second-order valence-corrected chi connectivity index (χ2v) is 4.25. The van der Waals surface area contributed by atoms with Gasteiger partial charge in [0.1, 0.15) is 0 Å². The molecule has 0 saturated heterocycles. The lowest BCUT2D eigenvalue weighted by atomic mass is 9.93. The van der Waals surface area contributed by atoms with Crippen LogP contribution in [0.1, 0.15) is 11.1 Å². The molecule has 1 aliphatic rings. The van der Waals surface area contributed by atoms with E-state index in [2.05, 4.69) is 27.1 Å². The summed E-state index contributed by atoms with van der Waals surface area (Å²) in [6, 6.07) is 6.11. The molecule has 0 radical (unpaired) electrons. The van der Waals surface area contributed by atoms with Gasteiger partial charge in [-0.25, -0.2) is 5.01 Å². The minimum atomic E-state index is -0.405. The first-order valence-electron chi connectivity index (χ1n) is 5.89. The third-order valence-electron chi connectivity index (χ3n) is 3.53. The number of fused-ring (bicyclic) bond motifs is 1. The molecule has 1 heterocycles. The summed E-state index contributed by atoms with van der Waals surface area (Å²) in [5, 5.41) is 8.84.